The molecule has 224 valence electrons. The summed E-state index contributed by atoms with van der Waals surface area (Å²) in [7, 11) is 0. The van der Waals surface area contributed by atoms with Crippen LogP contribution in [0.15, 0.2) is 0 Å². The number of amides is 5. The number of carboxylic acid groups (broad SMARTS) is 1. The minimum atomic E-state index is -1.27. The van der Waals surface area contributed by atoms with E-state index in [-0.39, 0.29) is 23.3 Å². The van der Waals surface area contributed by atoms with Crippen molar-refractivity contribution in [2.24, 2.45) is 17.6 Å². The van der Waals surface area contributed by atoms with Crippen LogP contribution in [-0.4, -0.2) is 88.4 Å². The third kappa shape index (κ3) is 12.0. The number of hydrogen-bond donors (Lipinski definition) is 9. The second-order valence-corrected chi connectivity index (χ2v) is 10.3. The van der Waals surface area contributed by atoms with Gasteiger partial charge in [-0.2, -0.15) is 25.3 Å². The summed E-state index contributed by atoms with van der Waals surface area (Å²) in [5.41, 5.74) is 5.70. The summed E-state index contributed by atoms with van der Waals surface area (Å²) in [6.07, 6.45) is 1.08. The summed E-state index contributed by atoms with van der Waals surface area (Å²) in [4.78, 5) is 74.6. The third-order valence-corrected chi connectivity index (χ3v) is 7.18. The number of nitrogens with one attached hydrogen (secondary N) is 5. The molecule has 0 radical (unpaired) electrons. The Bertz CT molecular complexity index is 878. The predicted octanol–water partition coefficient (Wildman–Crippen LogP) is -1.19. The summed E-state index contributed by atoms with van der Waals surface area (Å²) >= 11 is 7.89. The van der Waals surface area contributed by atoms with Crippen molar-refractivity contribution in [1.82, 2.24) is 26.6 Å². The predicted molar refractivity (Wildman–Crippen MR) is 153 cm³/mol. The van der Waals surface area contributed by atoms with Gasteiger partial charge < -0.3 is 37.4 Å². The Kier molecular flexibility index (Phi) is 16.8. The Morgan fingerprint density at radius 2 is 1.03 bits per heavy atom. The Labute approximate surface area is 240 Å². The first kappa shape index (κ1) is 36.5. The van der Waals surface area contributed by atoms with Crippen LogP contribution in [0.1, 0.15) is 54.4 Å². The van der Waals surface area contributed by atoms with Crippen LogP contribution in [0, 0.1) is 11.8 Å². The van der Waals surface area contributed by atoms with Gasteiger partial charge in [0.25, 0.3) is 0 Å². The zero-order chi connectivity index (χ0) is 30.4. The topological polar surface area (TPSA) is 209 Å². The van der Waals surface area contributed by atoms with Crippen molar-refractivity contribution in [3.8, 4) is 0 Å². The monoisotopic (exact) mass is 592 g/mol. The van der Waals surface area contributed by atoms with E-state index < -0.39 is 71.8 Å². The second-order valence-electron chi connectivity index (χ2n) is 9.58. The number of aliphatic carboxylic acids is 1. The Morgan fingerprint density at radius 1 is 0.641 bits per heavy atom. The van der Waals surface area contributed by atoms with E-state index in [2.05, 4.69) is 51.8 Å². The highest BCUT2D eigenvalue weighted by Gasteiger charge is 2.33. The molecule has 8 N–H and O–H groups in total. The number of rotatable bonds is 17. The van der Waals surface area contributed by atoms with E-state index in [0.717, 1.165) is 0 Å². The normalized spacial score (nSPS) is 17.2. The molecule has 0 aromatic rings. The highest BCUT2D eigenvalue weighted by molar-refractivity contribution is 7.80. The number of thiol groups is 2. The first-order valence-electron chi connectivity index (χ1n) is 12.9. The Hall–Kier alpha value is -2.52. The maximum Gasteiger partial charge on any atom is 0.327 e. The van der Waals surface area contributed by atoms with Gasteiger partial charge in [-0.15, -0.1) is 0 Å². The van der Waals surface area contributed by atoms with Crippen LogP contribution >= 0.6 is 25.3 Å². The van der Waals surface area contributed by atoms with Crippen LogP contribution in [0.5, 0.6) is 0 Å². The van der Waals surface area contributed by atoms with E-state index in [1.165, 1.54) is 13.8 Å². The summed E-state index contributed by atoms with van der Waals surface area (Å²) in [6.45, 7) is 10.00. The molecule has 13 nitrogen and oxygen atoms in total. The third-order valence-electron chi connectivity index (χ3n) is 6.42. The van der Waals surface area contributed by atoms with E-state index in [9.17, 15) is 28.8 Å². The van der Waals surface area contributed by atoms with Gasteiger partial charge in [0.15, 0.2) is 0 Å². The van der Waals surface area contributed by atoms with Crippen molar-refractivity contribution in [2.75, 3.05) is 11.5 Å². The van der Waals surface area contributed by atoms with E-state index in [1.807, 2.05) is 13.8 Å². The number of hydrogen-bond acceptors (Lipinski definition) is 9. The zero-order valence-electron chi connectivity index (χ0n) is 23.3. The molecule has 0 aliphatic heterocycles. The van der Waals surface area contributed by atoms with Crippen molar-refractivity contribution >= 4 is 60.8 Å². The molecule has 0 aliphatic carbocycles. The Morgan fingerprint density at radius 3 is 1.36 bits per heavy atom. The summed E-state index contributed by atoms with van der Waals surface area (Å²) < 4.78 is 0. The van der Waals surface area contributed by atoms with E-state index in [0.29, 0.717) is 12.8 Å². The molecule has 0 saturated carbocycles. The fourth-order valence-electron chi connectivity index (χ4n) is 3.24. The minimum absolute atomic E-state index is 0.0914. The van der Waals surface area contributed by atoms with Gasteiger partial charge >= 0.3 is 5.97 Å². The molecule has 8 atom stereocenters. The fraction of sp³-hybridized carbons (Fsp3) is 0.750. The molecule has 15 heteroatoms. The largest absolute Gasteiger partial charge is 0.480 e. The molecule has 0 spiro atoms. The zero-order valence-corrected chi connectivity index (χ0v) is 25.1. The molecule has 0 aromatic heterocycles. The molecule has 0 heterocycles. The number of carboxylic acids is 1. The molecule has 0 fully saturated rings. The van der Waals surface area contributed by atoms with Crippen LogP contribution in [0.3, 0.4) is 0 Å². The maximum absolute atomic E-state index is 13.0. The van der Waals surface area contributed by atoms with Gasteiger partial charge in [-0.1, -0.05) is 40.5 Å². The highest BCUT2D eigenvalue weighted by Crippen LogP contribution is 2.11. The smallest absolute Gasteiger partial charge is 0.327 e. The first-order valence-corrected chi connectivity index (χ1v) is 14.1. The minimum Gasteiger partial charge on any atom is -0.480 e. The van der Waals surface area contributed by atoms with Crippen LogP contribution < -0.4 is 32.3 Å². The van der Waals surface area contributed by atoms with Crippen molar-refractivity contribution in [2.45, 2.75) is 90.6 Å². The van der Waals surface area contributed by atoms with Crippen molar-refractivity contribution in [3.63, 3.8) is 0 Å². The molecule has 0 bridgehead atoms. The molecule has 0 saturated heterocycles. The SMILES string of the molecule is CC[C@H](C)[C@H](NC(=O)[C@H](C)NC(=O)[C@@H](NC(=O)[C@@H](N)CS)[C@@H](C)CC)C(=O)N[C@@H](C)C(=O)N[C@@H](CS)C(=O)O. The number of carbonyl (C=O) groups excluding carboxylic acids is 5. The van der Waals surface area contributed by atoms with Crippen molar-refractivity contribution < 1.29 is 33.9 Å². The van der Waals surface area contributed by atoms with Crippen LogP contribution in [0.25, 0.3) is 0 Å². The molecule has 5 amide bonds. The quantitative estimate of drug-likeness (QED) is 0.0936. The maximum atomic E-state index is 13.0. The average molecular weight is 593 g/mol. The lowest BCUT2D eigenvalue weighted by atomic mass is 9.97. The summed E-state index contributed by atoms with van der Waals surface area (Å²) in [5.74, 6) is -5.07. The lowest BCUT2D eigenvalue weighted by molar-refractivity contribution is -0.141. The summed E-state index contributed by atoms with van der Waals surface area (Å²) in [5, 5.41) is 21.7. The van der Waals surface area contributed by atoms with Gasteiger partial charge in [-0.05, 0) is 25.7 Å². The molecular weight excluding hydrogens is 548 g/mol. The van der Waals surface area contributed by atoms with Gasteiger partial charge in [0.1, 0.15) is 30.2 Å². The van der Waals surface area contributed by atoms with Gasteiger partial charge in [0.05, 0.1) is 6.04 Å². The lowest BCUT2D eigenvalue weighted by Gasteiger charge is -2.28. The van der Waals surface area contributed by atoms with Crippen molar-refractivity contribution in [1.29, 1.82) is 0 Å². The fourth-order valence-corrected chi connectivity index (χ4v) is 3.66. The van der Waals surface area contributed by atoms with Gasteiger partial charge in [0, 0.05) is 11.5 Å². The van der Waals surface area contributed by atoms with E-state index >= 15 is 0 Å². The second kappa shape index (κ2) is 17.9. The van der Waals surface area contributed by atoms with Crippen LogP contribution in [-0.2, 0) is 28.8 Å². The van der Waals surface area contributed by atoms with Gasteiger partial charge in [-0.25, -0.2) is 4.79 Å². The molecule has 0 aliphatic rings. The van der Waals surface area contributed by atoms with Crippen molar-refractivity contribution in [3.05, 3.63) is 0 Å². The lowest BCUT2D eigenvalue weighted by Crippen LogP contribution is -2.60. The standard InChI is InChI=1S/C24H44N6O7S2/c1-7-11(3)17(22(34)26-13(5)19(31)28-16(10-39)24(36)37)29-20(32)14(6)27-23(35)18(12(4)8-2)30-21(33)15(25)9-38/h11-18,38-39H,7-10,25H2,1-6H3,(H,26,34)(H,27,35)(H,28,31)(H,29,32)(H,30,33)(H,36,37)/t11-,12-,13-,14-,15-,16-,17-,18-/m0/s1. The number of nitrogens with two attached hydrogens (primary N) is 1. The van der Waals surface area contributed by atoms with E-state index in [4.69, 9.17) is 10.8 Å². The first-order chi connectivity index (χ1) is 18.1. The molecule has 0 rings (SSSR count). The van der Waals surface area contributed by atoms with E-state index in [1.54, 1.807) is 13.8 Å². The molecule has 0 aromatic carbocycles. The highest BCUT2D eigenvalue weighted by atomic mass is 32.1. The van der Waals surface area contributed by atoms with Gasteiger partial charge in [-0.3, -0.25) is 24.0 Å². The summed E-state index contributed by atoms with van der Waals surface area (Å²) in [6, 6.07) is -6.28. The molecular formula is C24H44N6O7S2. The van der Waals surface area contributed by atoms with Crippen LogP contribution in [0.4, 0.5) is 0 Å². The molecule has 39 heavy (non-hydrogen) atoms. The number of carbonyl (C=O) groups is 6. The van der Waals surface area contributed by atoms with Gasteiger partial charge in [0.2, 0.25) is 29.5 Å². The van der Waals surface area contributed by atoms with Crippen LogP contribution in [0.2, 0.25) is 0 Å². The Balaban J connectivity index is 5.43. The molecule has 0 unspecified atom stereocenters. The average Bonchev–Trinajstić information content (AvgIpc) is 2.90.